The largest absolute Gasteiger partial charge is 0.309 e. The smallest absolute Gasteiger partial charge is 0.188 e. The number of rotatable bonds is 4. The minimum Gasteiger partial charge on any atom is -0.309 e. The van der Waals surface area contributed by atoms with Gasteiger partial charge in [0, 0.05) is 11.1 Å². The Balaban J connectivity index is 1.05. The number of nitrogens with zero attached hydrogens (tertiary/aromatic N) is 2. The lowest BCUT2D eigenvalue weighted by molar-refractivity contribution is 1.18. The van der Waals surface area contributed by atoms with Gasteiger partial charge >= 0.3 is 0 Å². The van der Waals surface area contributed by atoms with E-state index in [1.165, 1.54) is 70.9 Å². The number of benzene rings is 10. The maximum absolute atomic E-state index is 7.68. The second kappa shape index (κ2) is 12.3. The molecule has 0 bridgehead atoms. The molecule has 1 heterocycles. The van der Waals surface area contributed by atoms with Crippen LogP contribution in [0.4, 0.5) is 5.69 Å². The van der Waals surface area contributed by atoms with Gasteiger partial charge in [-0.05, 0) is 143 Å². The minimum absolute atomic E-state index is 0.649. The summed E-state index contributed by atoms with van der Waals surface area (Å²) < 4.78 is 2.30. The van der Waals surface area contributed by atoms with Gasteiger partial charge in [-0.2, -0.15) is 0 Å². The molecule has 0 saturated carbocycles. The number of hydrogen-bond acceptors (Lipinski definition) is 0. The van der Waals surface area contributed by atoms with Gasteiger partial charge < -0.3 is 4.57 Å². The van der Waals surface area contributed by atoms with E-state index >= 15 is 0 Å². The van der Waals surface area contributed by atoms with E-state index in [4.69, 9.17) is 6.57 Å². The molecule has 0 fully saturated rings. The molecule has 11 aromatic rings. The van der Waals surface area contributed by atoms with E-state index in [9.17, 15) is 0 Å². The first-order valence-corrected chi connectivity index (χ1v) is 18.7. The van der Waals surface area contributed by atoms with Crippen LogP contribution in [0.5, 0.6) is 0 Å². The number of fused-ring (bicyclic) bond motifs is 9. The predicted octanol–water partition coefficient (Wildman–Crippen LogP) is 14.9. The molecule has 0 aliphatic heterocycles. The van der Waals surface area contributed by atoms with Crippen molar-refractivity contribution in [3.05, 3.63) is 206 Å². The van der Waals surface area contributed by atoms with Gasteiger partial charge in [0.1, 0.15) is 0 Å². The van der Waals surface area contributed by atoms with Crippen molar-refractivity contribution in [2.75, 3.05) is 0 Å². The molecular weight excluding hydrogens is 665 g/mol. The zero-order valence-corrected chi connectivity index (χ0v) is 29.9. The third-order valence-electron chi connectivity index (χ3n) is 11.3. The van der Waals surface area contributed by atoms with E-state index in [2.05, 4.69) is 185 Å². The van der Waals surface area contributed by atoms with Gasteiger partial charge in [0.15, 0.2) is 5.69 Å². The van der Waals surface area contributed by atoms with Gasteiger partial charge in [0.2, 0.25) is 0 Å². The van der Waals surface area contributed by atoms with Gasteiger partial charge in [0.05, 0.1) is 17.6 Å². The average molecular weight is 697 g/mol. The Labute approximate surface area is 318 Å². The molecule has 254 valence electrons. The highest BCUT2D eigenvalue weighted by Crippen LogP contribution is 2.43. The first-order chi connectivity index (χ1) is 27.2. The van der Waals surface area contributed by atoms with Crippen LogP contribution in [0.25, 0.3) is 109 Å². The van der Waals surface area contributed by atoms with Crippen LogP contribution in [-0.2, 0) is 0 Å². The molecule has 55 heavy (non-hydrogen) atoms. The Hall–Kier alpha value is -7.47. The second-order valence-electron chi connectivity index (χ2n) is 14.4. The molecule has 0 saturated heterocycles. The number of hydrogen-bond donors (Lipinski definition) is 0. The standard InChI is InChI=1S/C53H32N2/c1-54-40-25-27-53-51(31-40)50-30-38(24-26-52(50)55(53)41-14-6-3-7-15-41)36-20-21-37-29-39(23-22-35(37)28-36)47-33-49-44-18-10-8-16-42(44)46(34-12-4-2-5-13-34)32-48(49)45-19-11-9-17-43(45)47/h2-33H. The Kier molecular flexibility index (Phi) is 6.96. The number of para-hydroxylation sites is 1. The molecule has 0 aliphatic carbocycles. The third-order valence-corrected chi connectivity index (χ3v) is 11.3. The highest BCUT2D eigenvalue weighted by atomic mass is 15.0. The fourth-order valence-electron chi connectivity index (χ4n) is 8.75. The molecule has 0 N–H and O–H groups in total. The fraction of sp³-hybridized carbons (Fsp3) is 0. The predicted molar refractivity (Wildman–Crippen MR) is 233 cm³/mol. The van der Waals surface area contributed by atoms with Crippen LogP contribution in [0.15, 0.2) is 194 Å². The quantitative estimate of drug-likeness (QED) is 0.128. The lowest BCUT2D eigenvalue weighted by atomic mass is 9.87. The van der Waals surface area contributed by atoms with Gasteiger partial charge in [-0.25, -0.2) is 4.85 Å². The Morgan fingerprint density at radius 1 is 0.327 bits per heavy atom. The minimum atomic E-state index is 0.649. The normalized spacial score (nSPS) is 11.6. The Morgan fingerprint density at radius 2 is 0.818 bits per heavy atom. The summed E-state index contributed by atoms with van der Waals surface area (Å²) in [7, 11) is 0. The molecule has 0 spiro atoms. The summed E-state index contributed by atoms with van der Waals surface area (Å²) in [4.78, 5) is 3.75. The molecule has 0 unspecified atom stereocenters. The Morgan fingerprint density at radius 3 is 1.47 bits per heavy atom. The van der Waals surface area contributed by atoms with Crippen LogP contribution < -0.4 is 0 Å². The van der Waals surface area contributed by atoms with E-state index in [0.29, 0.717) is 5.69 Å². The SMILES string of the molecule is [C-]#[N+]c1ccc2c(c1)c1cc(-c3ccc4cc(-c5cc6c7ccccc7c(-c7ccccc7)cc6c6ccccc56)ccc4c3)ccc1n2-c1ccccc1. The van der Waals surface area contributed by atoms with Crippen molar-refractivity contribution in [2.45, 2.75) is 0 Å². The van der Waals surface area contributed by atoms with Crippen LogP contribution in [0.1, 0.15) is 0 Å². The molecule has 2 heteroatoms. The van der Waals surface area contributed by atoms with E-state index < -0.39 is 0 Å². The molecule has 2 nitrogen and oxygen atoms in total. The fourth-order valence-corrected chi connectivity index (χ4v) is 8.75. The van der Waals surface area contributed by atoms with Crippen molar-refractivity contribution in [1.29, 1.82) is 0 Å². The Bertz CT molecular complexity index is 3370. The van der Waals surface area contributed by atoms with Crippen LogP contribution in [0.2, 0.25) is 0 Å². The zero-order chi connectivity index (χ0) is 36.5. The molecule has 11 rings (SSSR count). The van der Waals surface area contributed by atoms with Crippen LogP contribution in [-0.4, -0.2) is 4.57 Å². The monoisotopic (exact) mass is 696 g/mol. The van der Waals surface area contributed by atoms with Crippen LogP contribution in [0.3, 0.4) is 0 Å². The van der Waals surface area contributed by atoms with Gasteiger partial charge in [0.25, 0.3) is 0 Å². The van der Waals surface area contributed by atoms with E-state index in [1.54, 1.807) is 0 Å². The topological polar surface area (TPSA) is 9.29 Å². The number of aromatic nitrogens is 1. The van der Waals surface area contributed by atoms with Crippen molar-refractivity contribution >= 4 is 70.6 Å². The van der Waals surface area contributed by atoms with Gasteiger partial charge in [-0.15, -0.1) is 0 Å². The van der Waals surface area contributed by atoms with Crippen molar-refractivity contribution < 1.29 is 0 Å². The highest BCUT2D eigenvalue weighted by molar-refractivity contribution is 6.24. The molecule has 1 aromatic heterocycles. The molecule has 0 atom stereocenters. The highest BCUT2D eigenvalue weighted by Gasteiger charge is 2.16. The van der Waals surface area contributed by atoms with Crippen molar-refractivity contribution in [3.63, 3.8) is 0 Å². The summed E-state index contributed by atoms with van der Waals surface area (Å²) in [6.07, 6.45) is 0. The van der Waals surface area contributed by atoms with E-state index in [1.807, 2.05) is 18.2 Å². The average Bonchev–Trinajstić information content (AvgIpc) is 3.59. The molecule has 0 aliphatic rings. The maximum Gasteiger partial charge on any atom is 0.188 e. The van der Waals surface area contributed by atoms with Gasteiger partial charge in [-0.1, -0.05) is 133 Å². The zero-order valence-electron chi connectivity index (χ0n) is 29.9. The summed E-state index contributed by atoms with van der Waals surface area (Å²) in [5.41, 5.74) is 11.3. The van der Waals surface area contributed by atoms with Crippen LogP contribution in [0, 0.1) is 6.57 Å². The van der Waals surface area contributed by atoms with Crippen molar-refractivity contribution in [3.8, 4) is 39.1 Å². The third kappa shape index (κ3) is 4.95. The summed E-state index contributed by atoms with van der Waals surface area (Å²) in [6.45, 7) is 7.68. The van der Waals surface area contributed by atoms with E-state index in [-0.39, 0.29) is 0 Å². The van der Waals surface area contributed by atoms with Gasteiger partial charge in [-0.3, -0.25) is 0 Å². The van der Waals surface area contributed by atoms with E-state index in [0.717, 1.165) is 33.1 Å². The first-order valence-electron chi connectivity index (χ1n) is 18.7. The van der Waals surface area contributed by atoms with Crippen molar-refractivity contribution in [1.82, 2.24) is 4.57 Å². The molecule has 10 aromatic carbocycles. The summed E-state index contributed by atoms with van der Waals surface area (Å²) in [6, 6.07) is 70.1. The summed E-state index contributed by atoms with van der Waals surface area (Å²) in [5, 5.41) is 12.2. The second-order valence-corrected chi connectivity index (χ2v) is 14.4. The lowest BCUT2D eigenvalue weighted by Gasteiger charge is -2.16. The molecule has 0 amide bonds. The first kappa shape index (κ1) is 31.1. The van der Waals surface area contributed by atoms with Crippen LogP contribution >= 0.6 is 0 Å². The lowest BCUT2D eigenvalue weighted by Crippen LogP contribution is -1.92. The molecular formula is C53H32N2. The van der Waals surface area contributed by atoms with Crippen molar-refractivity contribution in [2.24, 2.45) is 0 Å². The summed E-state index contributed by atoms with van der Waals surface area (Å²) in [5.74, 6) is 0. The summed E-state index contributed by atoms with van der Waals surface area (Å²) >= 11 is 0. The molecule has 0 radical (unpaired) electrons. The maximum atomic E-state index is 7.68.